The molecule has 0 saturated heterocycles. The van der Waals surface area contributed by atoms with Crippen molar-refractivity contribution < 1.29 is 4.79 Å². The van der Waals surface area contributed by atoms with Crippen LogP contribution in [-0.2, 0) is 0 Å². The molecule has 0 aromatic carbocycles. The number of carbonyl (C=O) groups excluding carboxylic acids is 1. The topological polar surface area (TPSA) is 29.1 Å². The van der Waals surface area contributed by atoms with Gasteiger partial charge in [-0.25, -0.2) is 0 Å². The summed E-state index contributed by atoms with van der Waals surface area (Å²) in [7, 11) is 0. The molecule has 2 nitrogen and oxygen atoms in total. The van der Waals surface area contributed by atoms with Gasteiger partial charge < -0.3 is 5.32 Å². The molecule has 1 aromatic rings. The molecule has 3 atom stereocenters. The predicted molar refractivity (Wildman–Crippen MR) is 72.5 cm³/mol. The zero-order valence-electron chi connectivity index (χ0n) is 10.8. The molecule has 0 radical (unpaired) electrons. The van der Waals surface area contributed by atoms with E-state index in [1.165, 1.54) is 17.7 Å². The van der Waals surface area contributed by atoms with E-state index in [1.54, 1.807) is 11.3 Å². The molecule has 3 unspecified atom stereocenters. The van der Waals surface area contributed by atoms with Gasteiger partial charge in [-0.05, 0) is 37.3 Å². The van der Waals surface area contributed by atoms with E-state index in [9.17, 15) is 4.79 Å². The maximum atomic E-state index is 12.1. The molecule has 1 saturated carbocycles. The average Bonchev–Trinajstić information content (AvgIpc) is 2.72. The van der Waals surface area contributed by atoms with Crippen LogP contribution in [0.25, 0.3) is 0 Å². The van der Waals surface area contributed by atoms with Crippen LogP contribution in [0.3, 0.4) is 0 Å². The Bertz CT molecular complexity index is 399. The first-order valence-electron chi connectivity index (χ1n) is 6.45. The summed E-state index contributed by atoms with van der Waals surface area (Å²) in [6.07, 6.45) is 3.66. The lowest BCUT2D eigenvalue weighted by atomic mass is 9.78. The summed E-state index contributed by atoms with van der Waals surface area (Å²) in [5, 5.41) is 3.20. The SMILES string of the molecule is Cc1ccc(C(=O)NC2CCCC(C)C2C)s1. The minimum atomic E-state index is 0.106. The molecule has 0 aliphatic heterocycles. The van der Waals surface area contributed by atoms with Gasteiger partial charge in [0.15, 0.2) is 0 Å². The van der Waals surface area contributed by atoms with Gasteiger partial charge in [-0.15, -0.1) is 11.3 Å². The van der Waals surface area contributed by atoms with Gasteiger partial charge in [0.25, 0.3) is 5.91 Å². The Kier molecular flexibility index (Phi) is 3.87. The van der Waals surface area contributed by atoms with Crippen LogP contribution >= 0.6 is 11.3 Å². The zero-order valence-corrected chi connectivity index (χ0v) is 11.6. The number of rotatable bonds is 2. The molecule has 1 aliphatic carbocycles. The van der Waals surface area contributed by atoms with Gasteiger partial charge in [-0.3, -0.25) is 4.79 Å². The lowest BCUT2D eigenvalue weighted by molar-refractivity contribution is 0.0895. The maximum absolute atomic E-state index is 12.1. The molecule has 1 aliphatic rings. The summed E-state index contributed by atoms with van der Waals surface area (Å²) >= 11 is 1.57. The number of thiophene rings is 1. The van der Waals surface area contributed by atoms with Gasteiger partial charge in [0, 0.05) is 10.9 Å². The summed E-state index contributed by atoms with van der Waals surface area (Å²) in [4.78, 5) is 14.1. The molecule has 1 amide bonds. The highest BCUT2D eigenvalue weighted by Crippen LogP contribution is 2.29. The normalized spacial score (nSPS) is 29.0. The van der Waals surface area contributed by atoms with Crippen LogP contribution < -0.4 is 5.32 Å². The lowest BCUT2D eigenvalue weighted by Crippen LogP contribution is -2.43. The third kappa shape index (κ3) is 2.89. The standard InChI is InChI=1S/C14H21NOS/c1-9-5-4-6-12(11(9)3)15-14(16)13-8-7-10(2)17-13/h7-9,11-12H,4-6H2,1-3H3,(H,15,16). The van der Waals surface area contributed by atoms with E-state index in [2.05, 4.69) is 19.2 Å². The molecular formula is C14H21NOS. The van der Waals surface area contributed by atoms with Crippen LogP contribution in [0.15, 0.2) is 12.1 Å². The van der Waals surface area contributed by atoms with Crippen LogP contribution in [0.1, 0.15) is 47.7 Å². The quantitative estimate of drug-likeness (QED) is 0.854. The second-order valence-corrected chi connectivity index (χ2v) is 6.55. The van der Waals surface area contributed by atoms with Gasteiger partial charge in [0.05, 0.1) is 4.88 Å². The van der Waals surface area contributed by atoms with Gasteiger partial charge in [-0.2, -0.15) is 0 Å². The van der Waals surface area contributed by atoms with Crippen molar-refractivity contribution in [1.82, 2.24) is 5.32 Å². The molecule has 94 valence electrons. The third-order valence-corrected chi connectivity index (χ3v) is 4.99. The first-order chi connectivity index (χ1) is 8.08. The highest BCUT2D eigenvalue weighted by atomic mass is 32.1. The number of aryl methyl sites for hydroxylation is 1. The number of amides is 1. The third-order valence-electron chi connectivity index (χ3n) is 3.99. The Balaban J connectivity index is 1.98. The van der Waals surface area contributed by atoms with E-state index in [0.717, 1.165) is 17.2 Å². The van der Waals surface area contributed by atoms with Gasteiger partial charge in [0.2, 0.25) is 0 Å². The molecule has 3 heteroatoms. The van der Waals surface area contributed by atoms with E-state index in [4.69, 9.17) is 0 Å². The first-order valence-corrected chi connectivity index (χ1v) is 7.27. The van der Waals surface area contributed by atoms with Crippen molar-refractivity contribution in [3.63, 3.8) is 0 Å². The summed E-state index contributed by atoms with van der Waals surface area (Å²) in [6.45, 7) is 6.58. The van der Waals surface area contributed by atoms with Crippen LogP contribution in [0.5, 0.6) is 0 Å². The van der Waals surface area contributed by atoms with E-state index < -0.39 is 0 Å². The van der Waals surface area contributed by atoms with E-state index >= 15 is 0 Å². The van der Waals surface area contributed by atoms with Gasteiger partial charge in [-0.1, -0.05) is 26.7 Å². The van der Waals surface area contributed by atoms with Crippen molar-refractivity contribution in [3.05, 3.63) is 21.9 Å². The Morgan fingerprint density at radius 1 is 1.35 bits per heavy atom. The van der Waals surface area contributed by atoms with Gasteiger partial charge in [0.1, 0.15) is 0 Å². The predicted octanol–water partition coefficient (Wildman–Crippen LogP) is 3.61. The number of hydrogen-bond acceptors (Lipinski definition) is 2. The Morgan fingerprint density at radius 3 is 2.76 bits per heavy atom. The van der Waals surface area contributed by atoms with Crippen LogP contribution in [0.4, 0.5) is 0 Å². The fourth-order valence-corrected chi connectivity index (χ4v) is 3.35. The molecule has 2 rings (SSSR count). The summed E-state index contributed by atoms with van der Waals surface area (Å²) in [6, 6.07) is 4.28. The largest absolute Gasteiger partial charge is 0.348 e. The van der Waals surface area contributed by atoms with Gasteiger partial charge >= 0.3 is 0 Å². The Morgan fingerprint density at radius 2 is 2.12 bits per heavy atom. The average molecular weight is 251 g/mol. The van der Waals surface area contributed by atoms with Crippen molar-refractivity contribution >= 4 is 17.2 Å². The monoisotopic (exact) mass is 251 g/mol. The van der Waals surface area contributed by atoms with Crippen molar-refractivity contribution in [2.24, 2.45) is 11.8 Å². The highest BCUT2D eigenvalue weighted by Gasteiger charge is 2.28. The molecule has 1 N–H and O–H groups in total. The molecular weight excluding hydrogens is 230 g/mol. The van der Waals surface area contributed by atoms with Crippen LogP contribution in [-0.4, -0.2) is 11.9 Å². The summed E-state index contributed by atoms with van der Waals surface area (Å²) < 4.78 is 0. The number of carbonyl (C=O) groups is 1. The molecule has 1 fully saturated rings. The first kappa shape index (κ1) is 12.6. The summed E-state index contributed by atoms with van der Waals surface area (Å²) in [5.41, 5.74) is 0. The Hall–Kier alpha value is -0.830. The number of nitrogens with one attached hydrogen (secondary N) is 1. The Labute approximate surface area is 107 Å². The van der Waals surface area contributed by atoms with Crippen molar-refractivity contribution in [2.75, 3.05) is 0 Å². The molecule has 1 aromatic heterocycles. The fourth-order valence-electron chi connectivity index (χ4n) is 2.58. The van der Waals surface area contributed by atoms with Crippen molar-refractivity contribution in [1.29, 1.82) is 0 Å². The lowest BCUT2D eigenvalue weighted by Gasteiger charge is -2.34. The van der Waals surface area contributed by atoms with E-state index in [0.29, 0.717) is 12.0 Å². The summed E-state index contributed by atoms with van der Waals surface area (Å²) in [5.74, 6) is 1.42. The second-order valence-electron chi connectivity index (χ2n) is 5.26. The minimum Gasteiger partial charge on any atom is -0.348 e. The molecule has 0 spiro atoms. The van der Waals surface area contributed by atoms with Crippen LogP contribution in [0, 0.1) is 18.8 Å². The molecule has 0 bridgehead atoms. The van der Waals surface area contributed by atoms with Crippen LogP contribution in [0.2, 0.25) is 0 Å². The maximum Gasteiger partial charge on any atom is 0.261 e. The van der Waals surface area contributed by atoms with Crippen molar-refractivity contribution in [2.45, 2.75) is 46.1 Å². The van der Waals surface area contributed by atoms with E-state index in [1.807, 2.05) is 19.1 Å². The highest BCUT2D eigenvalue weighted by molar-refractivity contribution is 7.13. The molecule has 17 heavy (non-hydrogen) atoms. The molecule has 1 heterocycles. The number of hydrogen-bond donors (Lipinski definition) is 1. The van der Waals surface area contributed by atoms with E-state index in [-0.39, 0.29) is 5.91 Å². The fraction of sp³-hybridized carbons (Fsp3) is 0.643. The zero-order chi connectivity index (χ0) is 12.4. The smallest absolute Gasteiger partial charge is 0.261 e. The second kappa shape index (κ2) is 5.21. The van der Waals surface area contributed by atoms with Crippen molar-refractivity contribution in [3.8, 4) is 0 Å². The minimum absolute atomic E-state index is 0.106.